The topological polar surface area (TPSA) is 0 Å². The van der Waals surface area contributed by atoms with Gasteiger partial charge in [0.25, 0.3) is 0 Å². The van der Waals surface area contributed by atoms with Crippen molar-refractivity contribution >= 4 is 43.5 Å². The summed E-state index contributed by atoms with van der Waals surface area (Å²) < 4.78 is 1.60. The van der Waals surface area contributed by atoms with Gasteiger partial charge in [-0.3, -0.25) is 0 Å². The van der Waals surface area contributed by atoms with E-state index in [9.17, 15) is 0 Å². The van der Waals surface area contributed by atoms with Crippen molar-refractivity contribution in [2.24, 2.45) is 0 Å². The Morgan fingerprint density at radius 3 is 2.11 bits per heavy atom. The minimum atomic E-state index is -1.95. The van der Waals surface area contributed by atoms with Crippen molar-refractivity contribution in [3.05, 3.63) is 54.6 Å². The number of hydrogen-bond donors (Lipinski definition) is 0. The first-order chi connectivity index (χ1) is 8.55. The molecule has 0 aromatic heterocycles. The van der Waals surface area contributed by atoms with Gasteiger partial charge in [0.05, 0.1) is 0 Å². The van der Waals surface area contributed by atoms with Crippen LogP contribution in [0.3, 0.4) is 0 Å². The van der Waals surface area contributed by atoms with Crippen molar-refractivity contribution in [2.75, 3.05) is 0 Å². The second-order valence-electron chi connectivity index (χ2n) is 5.97. The van der Waals surface area contributed by atoms with Gasteiger partial charge in [-0.2, -0.15) is 0 Å². The maximum atomic E-state index is 2.47. The Kier molecular flexibility index (Phi) is 2.85. The fraction of sp³-hybridized carbons (Fsp3) is 0.176. The van der Waals surface area contributed by atoms with Crippen LogP contribution >= 0.6 is 0 Å². The van der Waals surface area contributed by atoms with Crippen LogP contribution in [0.4, 0.5) is 0 Å². The van der Waals surface area contributed by atoms with Crippen LogP contribution in [0.1, 0.15) is 0 Å². The van der Waals surface area contributed by atoms with Crippen LogP contribution in [0, 0.1) is 0 Å². The van der Waals surface area contributed by atoms with Crippen LogP contribution in [0.2, 0.25) is 14.8 Å². The molecule has 90 valence electrons. The van der Waals surface area contributed by atoms with E-state index in [4.69, 9.17) is 0 Å². The molecule has 0 nitrogen and oxygen atoms in total. The van der Waals surface area contributed by atoms with Crippen LogP contribution in [0.5, 0.6) is 0 Å². The van der Waals surface area contributed by atoms with E-state index < -0.39 is 18.4 Å². The van der Waals surface area contributed by atoms with Gasteiger partial charge in [0, 0.05) is 0 Å². The van der Waals surface area contributed by atoms with E-state index in [0.717, 1.165) is 0 Å². The van der Waals surface area contributed by atoms with Crippen molar-refractivity contribution in [3.8, 4) is 0 Å². The molecule has 0 amide bonds. The Hall–Kier alpha value is -1.02. The maximum absolute atomic E-state index is 2.47. The summed E-state index contributed by atoms with van der Waals surface area (Å²) in [6, 6.07) is 20.2. The molecule has 0 spiro atoms. The zero-order valence-electron chi connectivity index (χ0n) is 11.2. The Balaban J connectivity index is 2.35. The molecule has 0 bridgehead atoms. The van der Waals surface area contributed by atoms with Crippen molar-refractivity contribution < 1.29 is 0 Å². The quantitative estimate of drug-likeness (QED) is 0.450. The van der Waals surface area contributed by atoms with Gasteiger partial charge in [0.15, 0.2) is 0 Å². The van der Waals surface area contributed by atoms with Crippen molar-refractivity contribution in [2.45, 2.75) is 14.8 Å². The van der Waals surface area contributed by atoms with E-state index in [2.05, 4.69) is 69.4 Å². The summed E-state index contributed by atoms with van der Waals surface area (Å²) in [5.74, 6) is 0. The number of hydrogen-bond acceptors (Lipinski definition) is 0. The molecule has 0 fully saturated rings. The summed E-state index contributed by atoms with van der Waals surface area (Å²) in [6.07, 6.45) is 0. The Morgan fingerprint density at radius 2 is 1.33 bits per heavy atom. The summed E-state index contributed by atoms with van der Waals surface area (Å²) in [7, 11) is 0. The molecule has 0 saturated carbocycles. The van der Waals surface area contributed by atoms with Gasteiger partial charge in [-0.1, -0.05) is 0 Å². The summed E-state index contributed by atoms with van der Waals surface area (Å²) in [4.78, 5) is 7.41. The van der Waals surface area contributed by atoms with E-state index in [1.54, 1.807) is 3.58 Å². The molecule has 0 atom stereocenters. The molecule has 0 heterocycles. The first-order valence-corrected chi connectivity index (χ1v) is 16.5. The van der Waals surface area contributed by atoms with Crippen molar-refractivity contribution in [1.29, 1.82) is 0 Å². The Bertz CT molecular complexity index is 720. The van der Waals surface area contributed by atoms with Gasteiger partial charge in [0.1, 0.15) is 0 Å². The van der Waals surface area contributed by atoms with Crippen LogP contribution < -0.4 is 3.58 Å². The molecule has 18 heavy (non-hydrogen) atoms. The minimum absolute atomic E-state index is 1.33. The van der Waals surface area contributed by atoms with Gasteiger partial charge < -0.3 is 0 Å². The average Bonchev–Trinajstić information content (AvgIpc) is 2.37. The van der Waals surface area contributed by atoms with Gasteiger partial charge in [0.2, 0.25) is 0 Å². The number of benzene rings is 3. The fourth-order valence-corrected chi connectivity index (χ4v) is 5.82. The molecule has 3 rings (SSSR count). The first-order valence-electron chi connectivity index (χ1n) is 6.48. The molecular formula is C17H18Sn. The van der Waals surface area contributed by atoms with Gasteiger partial charge in [-0.15, -0.1) is 0 Å². The molecule has 1 heteroatoms. The molecule has 0 aliphatic carbocycles. The zero-order valence-corrected chi connectivity index (χ0v) is 14.1. The summed E-state index contributed by atoms with van der Waals surface area (Å²) in [6.45, 7) is 0. The van der Waals surface area contributed by atoms with Crippen LogP contribution in [-0.2, 0) is 0 Å². The molecule has 0 aliphatic heterocycles. The summed E-state index contributed by atoms with van der Waals surface area (Å²) in [5.41, 5.74) is 0. The van der Waals surface area contributed by atoms with E-state index >= 15 is 0 Å². The van der Waals surface area contributed by atoms with E-state index in [1.165, 1.54) is 21.5 Å². The Labute approximate surface area is 113 Å². The van der Waals surface area contributed by atoms with E-state index in [1.807, 2.05) is 0 Å². The summed E-state index contributed by atoms with van der Waals surface area (Å²) in [5, 5.41) is 5.47. The second-order valence-corrected chi connectivity index (χ2v) is 20.5. The normalized spacial score (nSPS) is 12.2. The van der Waals surface area contributed by atoms with Crippen molar-refractivity contribution in [1.82, 2.24) is 0 Å². The molecule has 0 radical (unpaired) electrons. The first kappa shape index (κ1) is 12.0. The third-order valence-electron chi connectivity index (χ3n) is 3.61. The number of fused-ring (bicyclic) bond motifs is 3. The van der Waals surface area contributed by atoms with Crippen LogP contribution in [-0.4, -0.2) is 18.4 Å². The molecule has 3 aromatic carbocycles. The van der Waals surface area contributed by atoms with Crippen LogP contribution in [0.25, 0.3) is 21.5 Å². The summed E-state index contributed by atoms with van der Waals surface area (Å²) >= 11 is -1.95. The Morgan fingerprint density at radius 1 is 0.667 bits per heavy atom. The standard InChI is InChI=1S/C14H9.3CH3.Sn/c1-3-7-13-11(5-1)9-10-12-6-2-4-8-14(12)13;;;;/h1,3-10H;3*1H3;. The molecular weight excluding hydrogens is 323 g/mol. The van der Waals surface area contributed by atoms with E-state index in [-0.39, 0.29) is 0 Å². The number of rotatable bonds is 1. The molecule has 0 saturated heterocycles. The second kappa shape index (κ2) is 4.27. The third-order valence-corrected chi connectivity index (χ3v) is 9.44. The predicted molar refractivity (Wildman–Crippen MR) is 84.4 cm³/mol. The molecule has 3 aromatic rings. The molecule has 0 N–H and O–H groups in total. The van der Waals surface area contributed by atoms with Gasteiger partial charge in [-0.25, -0.2) is 0 Å². The average molecular weight is 341 g/mol. The monoisotopic (exact) mass is 342 g/mol. The SMILES string of the molecule is [CH3][Sn]([CH3])([CH3])[c]1ccc2c(ccc3ccccc32)c1. The van der Waals surface area contributed by atoms with E-state index in [0.29, 0.717) is 0 Å². The van der Waals surface area contributed by atoms with Crippen molar-refractivity contribution in [3.63, 3.8) is 0 Å². The molecule has 0 aliphatic rings. The third kappa shape index (κ3) is 2.03. The van der Waals surface area contributed by atoms with Crippen LogP contribution in [0.15, 0.2) is 54.6 Å². The van der Waals surface area contributed by atoms with Gasteiger partial charge >= 0.3 is 113 Å². The zero-order chi connectivity index (χ0) is 12.8. The van der Waals surface area contributed by atoms with Gasteiger partial charge in [-0.05, 0) is 0 Å². The fourth-order valence-electron chi connectivity index (χ4n) is 2.48. The molecule has 0 unspecified atom stereocenters. The predicted octanol–water partition coefficient (Wildman–Crippen LogP) is 4.54.